The van der Waals surface area contributed by atoms with Crippen LogP contribution in [0.2, 0.25) is 0 Å². The summed E-state index contributed by atoms with van der Waals surface area (Å²) in [5, 5.41) is 4.64. The molecule has 0 spiro atoms. The van der Waals surface area contributed by atoms with E-state index >= 15 is 0 Å². The Labute approximate surface area is 346 Å². The van der Waals surface area contributed by atoms with E-state index < -0.39 is 0 Å². The molecular formula is C55H34N4O. The Kier molecular flexibility index (Phi) is 7.07. The SMILES string of the molecule is C1=CC2C3C(=C1)c1ccccc1-c1cccc4ccc(c3c14)N2c1ccc2c(c1)oc1cccc(-c3nc(-c4ccccc4)nc(-c4ccc(-c5ccccc5)cc4)n3)c12. The summed E-state index contributed by atoms with van der Waals surface area (Å²) in [5.74, 6) is 2.04. The Bertz CT molecular complexity index is 3440. The van der Waals surface area contributed by atoms with Crippen LogP contribution in [0.25, 0.3) is 94.7 Å². The van der Waals surface area contributed by atoms with Crippen molar-refractivity contribution in [3.8, 4) is 56.4 Å². The maximum absolute atomic E-state index is 6.76. The molecule has 5 nitrogen and oxygen atoms in total. The lowest BCUT2D eigenvalue weighted by atomic mass is 9.80. The zero-order valence-electron chi connectivity index (χ0n) is 32.3. The van der Waals surface area contributed by atoms with Gasteiger partial charge in [0.1, 0.15) is 11.2 Å². The summed E-state index contributed by atoms with van der Waals surface area (Å²) in [5.41, 5.74) is 15.7. The molecule has 8 aromatic carbocycles. The average Bonchev–Trinajstić information content (AvgIpc) is 3.83. The molecule has 10 aromatic rings. The summed E-state index contributed by atoms with van der Waals surface area (Å²) < 4.78 is 6.76. The first-order valence-electron chi connectivity index (χ1n) is 20.5. The third kappa shape index (κ3) is 4.90. The molecule has 2 aliphatic carbocycles. The number of hydrogen-bond acceptors (Lipinski definition) is 5. The summed E-state index contributed by atoms with van der Waals surface area (Å²) >= 11 is 0. The Hall–Kier alpha value is -7.89. The van der Waals surface area contributed by atoms with Gasteiger partial charge < -0.3 is 9.32 Å². The van der Waals surface area contributed by atoms with Crippen LogP contribution in [0.4, 0.5) is 11.4 Å². The number of aromatic nitrogens is 3. The van der Waals surface area contributed by atoms with Crippen LogP contribution in [-0.2, 0) is 0 Å². The highest BCUT2D eigenvalue weighted by Crippen LogP contribution is 2.59. The Morgan fingerprint density at radius 1 is 0.467 bits per heavy atom. The van der Waals surface area contributed by atoms with E-state index in [9.17, 15) is 0 Å². The van der Waals surface area contributed by atoms with Gasteiger partial charge in [0.15, 0.2) is 17.5 Å². The minimum atomic E-state index is 0.115. The van der Waals surface area contributed by atoms with E-state index in [1.165, 1.54) is 49.9 Å². The maximum atomic E-state index is 6.76. The van der Waals surface area contributed by atoms with Gasteiger partial charge >= 0.3 is 0 Å². The minimum Gasteiger partial charge on any atom is -0.456 e. The number of allylic oxidation sites excluding steroid dienone is 2. The molecule has 0 fully saturated rings. The number of hydrogen-bond donors (Lipinski definition) is 0. The van der Waals surface area contributed by atoms with E-state index in [0.717, 1.165) is 49.9 Å². The molecule has 0 amide bonds. The van der Waals surface area contributed by atoms with Crippen molar-refractivity contribution in [3.05, 3.63) is 205 Å². The van der Waals surface area contributed by atoms with Gasteiger partial charge in [0.25, 0.3) is 0 Å². The number of fused-ring (bicyclic) bond motifs is 6. The maximum Gasteiger partial charge on any atom is 0.164 e. The molecule has 0 N–H and O–H groups in total. The number of benzene rings is 8. The number of anilines is 2. The first-order valence-corrected chi connectivity index (χ1v) is 20.5. The molecule has 3 aliphatic rings. The topological polar surface area (TPSA) is 55.1 Å². The molecule has 0 bridgehead atoms. The van der Waals surface area contributed by atoms with Crippen LogP contribution in [0.3, 0.4) is 0 Å². The quantitative estimate of drug-likeness (QED) is 0.175. The van der Waals surface area contributed by atoms with Crippen LogP contribution in [0.15, 0.2) is 199 Å². The molecule has 280 valence electrons. The highest BCUT2D eigenvalue weighted by Gasteiger charge is 2.44. The van der Waals surface area contributed by atoms with E-state index in [4.69, 9.17) is 19.4 Å². The predicted molar refractivity (Wildman–Crippen MR) is 244 cm³/mol. The number of nitrogens with zero attached hydrogens (tertiary/aromatic N) is 4. The molecule has 2 unspecified atom stereocenters. The van der Waals surface area contributed by atoms with Crippen molar-refractivity contribution in [2.75, 3.05) is 4.90 Å². The first kappa shape index (κ1) is 33.1. The molecule has 2 atom stereocenters. The molecule has 60 heavy (non-hydrogen) atoms. The van der Waals surface area contributed by atoms with Gasteiger partial charge in [-0.2, -0.15) is 0 Å². The molecule has 0 radical (unpaired) electrons. The van der Waals surface area contributed by atoms with Crippen molar-refractivity contribution < 1.29 is 4.42 Å². The van der Waals surface area contributed by atoms with Crippen LogP contribution >= 0.6 is 0 Å². The Morgan fingerprint density at radius 3 is 1.93 bits per heavy atom. The second-order valence-corrected chi connectivity index (χ2v) is 15.9. The zero-order chi connectivity index (χ0) is 39.3. The van der Waals surface area contributed by atoms with Gasteiger partial charge in [0, 0.05) is 50.8 Å². The number of rotatable bonds is 5. The molecule has 1 aliphatic heterocycles. The van der Waals surface area contributed by atoms with Crippen molar-refractivity contribution >= 4 is 49.7 Å². The molecule has 3 heterocycles. The normalized spacial score (nSPS) is 16.0. The Balaban J connectivity index is 0.956. The summed E-state index contributed by atoms with van der Waals surface area (Å²) in [6.45, 7) is 0. The van der Waals surface area contributed by atoms with Gasteiger partial charge in [-0.15, -0.1) is 0 Å². The highest BCUT2D eigenvalue weighted by molar-refractivity contribution is 6.13. The van der Waals surface area contributed by atoms with E-state index in [1.54, 1.807) is 0 Å². The molecule has 0 saturated carbocycles. The van der Waals surface area contributed by atoms with Gasteiger partial charge in [0.05, 0.1) is 6.04 Å². The molecule has 2 aromatic heterocycles. The van der Waals surface area contributed by atoms with Gasteiger partial charge in [-0.05, 0) is 74.0 Å². The average molecular weight is 767 g/mol. The highest BCUT2D eigenvalue weighted by atomic mass is 16.3. The second kappa shape index (κ2) is 12.8. The van der Waals surface area contributed by atoms with Crippen molar-refractivity contribution in [2.45, 2.75) is 12.0 Å². The fourth-order valence-electron chi connectivity index (χ4n) is 10.0. The standard InChI is InChI=1S/C55H34N4O/c1-3-12-33(13-4-1)34-24-26-37(27-25-34)54-56-53(36-14-5-2-6-15-36)57-55(58-54)44-21-11-23-47-50(44)43-30-29-38(32-48(43)60-47)59-45-22-10-20-42-40-18-8-7-17-39(40)41-19-9-16-35-28-31-46(59)52(49(35)41)51(42)45/h1-32,45,51H. The van der Waals surface area contributed by atoms with Crippen molar-refractivity contribution in [1.82, 2.24) is 15.0 Å². The lowest BCUT2D eigenvalue weighted by Crippen LogP contribution is -2.29. The van der Waals surface area contributed by atoms with Crippen molar-refractivity contribution in [3.63, 3.8) is 0 Å². The lowest BCUT2D eigenvalue weighted by molar-refractivity contribution is 0.668. The molecule has 13 rings (SSSR count). The third-order valence-corrected chi connectivity index (χ3v) is 12.6. The molecular weight excluding hydrogens is 733 g/mol. The van der Waals surface area contributed by atoms with Crippen molar-refractivity contribution in [1.29, 1.82) is 0 Å². The van der Waals surface area contributed by atoms with Crippen LogP contribution in [0.5, 0.6) is 0 Å². The van der Waals surface area contributed by atoms with E-state index in [1.807, 2.05) is 48.5 Å². The smallest absolute Gasteiger partial charge is 0.164 e. The predicted octanol–water partition coefficient (Wildman–Crippen LogP) is 13.8. The van der Waals surface area contributed by atoms with Crippen LogP contribution in [0.1, 0.15) is 17.0 Å². The zero-order valence-corrected chi connectivity index (χ0v) is 32.3. The molecule has 5 heteroatoms. The summed E-state index contributed by atoms with van der Waals surface area (Å²) in [7, 11) is 0. The minimum absolute atomic E-state index is 0.115. The van der Waals surface area contributed by atoms with Crippen LogP contribution < -0.4 is 4.90 Å². The largest absolute Gasteiger partial charge is 0.456 e. The second-order valence-electron chi connectivity index (χ2n) is 15.9. The van der Waals surface area contributed by atoms with Gasteiger partial charge in [0.2, 0.25) is 0 Å². The van der Waals surface area contributed by atoms with Crippen LogP contribution in [-0.4, -0.2) is 21.0 Å². The fraction of sp³-hybridized carbons (Fsp3) is 0.0364. The number of furan rings is 1. The van der Waals surface area contributed by atoms with Crippen LogP contribution in [0, 0.1) is 0 Å². The molecule has 0 saturated heterocycles. The fourth-order valence-corrected chi connectivity index (χ4v) is 10.0. The third-order valence-electron chi connectivity index (χ3n) is 12.6. The van der Waals surface area contributed by atoms with Gasteiger partial charge in [-0.3, -0.25) is 0 Å². The van der Waals surface area contributed by atoms with E-state index in [2.05, 4.69) is 151 Å². The van der Waals surface area contributed by atoms with E-state index in [0.29, 0.717) is 17.5 Å². The van der Waals surface area contributed by atoms with Gasteiger partial charge in [-0.25, -0.2) is 15.0 Å². The van der Waals surface area contributed by atoms with E-state index in [-0.39, 0.29) is 12.0 Å². The Morgan fingerprint density at radius 2 is 1.12 bits per heavy atom. The van der Waals surface area contributed by atoms with Gasteiger partial charge in [-0.1, -0.05) is 164 Å². The first-order chi connectivity index (χ1) is 29.7. The lowest BCUT2D eigenvalue weighted by Gasteiger charge is -2.31. The van der Waals surface area contributed by atoms with Crippen molar-refractivity contribution in [2.24, 2.45) is 0 Å². The summed E-state index contributed by atoms with van der Waals surface area (Å²) in [4.78, 5) is 17.8. The summed E-state index contributed by atoms with van der Waals surface area (Å²) in [6, 6.07) is 62.2. The monoisotopic (exact) mass is 766 g/mol. The summed E-state index contributed by atoms with van der Waals surface area (Å²) in [6.07, 6.45) is 6.95.